The van der Waals surface area contributed by atoms with Gasteiger partial charge in [-0.3, -0.25) is 4.79 Å². The molecule has 4 N–H and O–H groups in total. The number of allylic oxidation sites excluding steroid dienone is 1. The minimum atomic E-state index is -1.70. The van der Waals surface area contributed by atoms with Crippen molar-refractivity contribution in [2.75, 3.05) is 0 Å². The van der Waals surface area contributed by atoms with Crippen molar-refractivity contribution in [2.24, 2.45) is 11.1 Å². The van der Waals surface area contributed by atoms with Crippen LogP contribution in [0.25, 0.3) is 0 Å². The van der Waals surface area contributed by atoms with Crippen LogP contribution in [0.15, 0.2) is 22.1 Å². The van der Waals surface area contributed by atoms with Crippen LogP contribution in [0.3, 0.4) is 0 Å². The second-order valence-corrected chi connectivity index (χ2v) is 4.02. The van der Waals surface area contributed by atoms with Crippen LogP contribution in [0.4, 0.5) is 4.39 Å². The molecule has 5 nitrogen and oxygen atoms in total. The zero-order valence-electron chi connectivity index (χ0n) is 8.25. The predicted octanol–water partition coefficient (Wildman–Crippen LogP) is 1.20. The summed E-state index contributed by atoms with van der Waals surface area (Å²) in [4.78, 5) is 21.7. The number of hydrogen-bond acceptors (Lipinski definition) is 3. The van der Waals surface area contributed by atoms with Gasteiger partial charge in [-0.25, -0.2) is 9.18 Å². The van der Waals surface area contributed by atoms with E-state index in [1.54, 1.807) is 0 Å². The molecule has 1 aliphatic rings. The van der Waals surface area contributed by atoms with E-state index in [2.05, 4.69) is 0 Å². The molecule has 0 aromatic heterocycles. The fourth-order valence-corrected chi connectivity index (χ4v) is 1.63. The van der Waals surface area contributed by atoms with E-state index >= 15 is 0 Å². The van der Waals surface area contributed by atoms with Gasteiger partial charge in [0, 0.05) is 6.42 Å². The number of rotatable bonds is 2. The van der Waals surface area contributed by atoms with Gasteiger partial charge in [-0.15, -0.1) is 0 Å². The number of hydrogen-bond donors (Lipinski definition) is 3. The summed E-state index contributed by atoms with van der Waals surface area (Å²) in [6.07, 6.45) is -0.539. The summed E-state index contributed by atoms with van der Waals surface area (Å²) in [5, 5.41) is 17.3. The maximum atomic E-state index is 13.4. The van der Waals surface area contributed by atoms with E-state index in [0.29, 0.717) is 0 Å². The van der Waals surface area contributed by atoms with Crippen molar-refractivity contribution in [2.45, 2.75) is 13.3 Å². The number of aliphatic carboxylic acids is 2. The van der Waals surface area contributed by atoms with Gasteiger partial charge in [0.2, 0.25) is 0 Å². The molecule has 1 unspecified atom stereocenters. The first-order valence-electron chi connectivity index (χ1n) is 4.23. The topological polar surface area (TPSA) is 101 Å². The van der Waals surface area contributed by atoms with Crippen molar-refractivity contribution in [1.29, 1.82) is 0 Å². The lowest BCUT2D eigenvalue weighted by Gasteiger charge is -2.29. The molecular weight excluding hydrogens is 241 g/mol. The van der Waals surface area contributed by atoms with E-state index in [1.165, 1.54) is 6.92 Å². The molecule has 0 aliphatic heterocycles. The molecule has 1 rings (SSSR count). The summed E-state index contributed by atoms with van der Waals surface area (Å²) >= 11 is 5.64. The van der Waals surface area contributed by atoms with Crippen molar-refractivity contribution in [3.8, 4) is 0 Å². The average molecular weight is 250 g/mol. The first kappa shape index (κ1) is 12.5. The summed E-state index contributed by atoms with van der Waals surface area (Å²) in [7, 11) is 0. The van der Waals surface area contributed by atoms with Gasteiger partial charge in [0.15, 0.2) is 5.83 Å². The fourth-order valence-electron chi connectivity index (χ4n) is 1.40. The highest BCUT2D eigenvalue weighted by Gasteiger charge is 2.45. The molecule has 1 atom stereocenters. The Morgan fingerprint density at radius 1 is 1.50 bits per heavy atom. The summed E-state index contributed by atoms with van der Waals surface area (Å²) in [6.45, 7) is 1.19. The molecule has 0 amide bonds. The number of nitrogens with two attached hydrogens (primary N) is 1. The van der Waals surface area contributed by atoms with Crippen LogP contribution in [-0.4, -0.2) is 22.2 Å². The maximum Gasteiger partial charge on any atom is 0.334 e. The zero-order chi connectivity index (χ0) is 12.7. The Bertz CT molecular complexity index is 443. The van der Waals surface area contributed by atoms with Crippen molar-refractivity contribution in [3.05, 3.63) is 22.1 Å². The highest BCUT2D eigenvalue weighted by Crippen LogP contribution is 2.44. The van der Waals surface area contributed by atoms with E-state index in [4.69, 9.17) is 27.5 Å². The fraction of sp³-hybridized carbons (Fsp3) is 0.333. The van der Waals surface area contributed by atoms with E-state index < -0.39 is 40.9 Å². The van der Waals surface area contributed by atoms with E-state index in [0.717, 1.165) is 0 Å². The van der Waals surface area contributed by atoms with Crippen LogP contribution < -0.4 is 5.73 Å². The van der Waals surface area contributed by atoms with Gasteiger partial charge in [-0.1, -0.05) is 11.6 Å². The van der Waals surface area contributed by atoms with Crippen LogP contribution in [0.5, 0.6) is 0 Å². The molecule has 0 saturated carbocycles. The van der Waals surface area contributed by atoms with Crippen molar-refractivity contribution < 1.29 is 24.2 Å². The summed E-state index contributed by atoms with van der Waals surface area (Å²) in [6, 6.07) is 0. The van der Waals surface area contributed by atoms with E-state index in [9.17, 15) is 14.0 Å². The molecule has 7 heteroatoms. The number of carboxylic acid groups (broad SMARTS) is 2. The molecule has 0 aromatic carbocycles. The van der Waals surface area contributed by atoms with Gasteiger partial charge in [0.25, 0.3) is 0 Å². The predicted molar refractivity (Wildman–Crippen MR) is 53.2 cm³/mol. The second-order valence-electron chi connectivity index (χ2n) is 3.64. The van der Waals surface area contributed by atoms with Crippen LogP contribution >= 0.6 is 11.6 Å². The molecule has 0 heterocycles. The zero-order valence-corrected chi connectivity index (χ0v) is 9.01. The molecule has 1 aliphatic carbocycles. The Hall–Kier alpha value is -1.56. The quantitative estimate of drug-likeness (QED) is 0.683. The summed E-state index contributed by atoms with van der Waals surface area (Å²) in [5.41, 5.74) is 2.25. The summed E-state index contributed by atoms with van der Waals surface area (Å²) < 4.78 is 13.4. The number of carbonyl (C=O) groups is 2. The standard InChI is InChI=1S/C9H9ClFNO4/c1-9(8(15)16)2-3(7(13)14)4(11)5(12)6(9)10/h2,12H2,1H3,(H,13,14)(H,15,16). The molecule has 88 valence electrons. The van der Waals surface area contributed by atoms with Crippen molar-refractivity contribution in [3.63, 3.8) is 0 Å². The third-order valence-electron chi connectivity index (χ3n) is 2.48. The molecule has 0 fully saturated rings. The third-order valence-corrected chi connectivity index (χ3v) is 3.10. The minimum Gasteiger partial charge on any atom is -0.481 e. The van der Waals surface area contributed by atoms with Gasteiger partial charge in [-0.05, 0) is 6.92 Å². The largest absolute Gasteiger partial charge is 0.481 e. The van der Waals surface area contributed by atoms with Crippen molar-refractivity contribution in [1.82, 2.24) is 0 Å². The van der Waals surface area contributed by atoms with Gasteiger partial charge < -0.3 is 15.9 Å². The Morgan fingerprint density at radius 3 is 2.38 bits per heavy atom. The lowest BCUT2D eigenvalue weighted by atomic mass is 9.78. The minimum absolute atomic E-state index is 0.387. The van der Waals surface area contributed by atoms with Crippen LogP contribution in [0.1, 0.15) is 13.3 Å². The Labute approximate surface area is 95.0 Å². The molecule has 16 heavy (non-hydrogen) atoms. The average Bonchev–Trinajstić information content (AvgIpc) is 2.19. The van der Waals surface area contributed by atoms with Crippen LogP contribution in [-0.2, 0) is 9.59 Å². The first-order chi connectivity index (χ1) is 7.21. The Morgan fingerprint density at radius 2 is 2.00 bits per heavy atom. The van der Waals surface area contributed by atoms with Gasteiger partial charge >= 0.3 is 11.9 Å². The first-order valence-corrected chi connectivity index (χ1v) is 4.61. The highest BCUT2D eigenvalue weighted by molar-refractivity contribution is 6.32. The monoisotopic (exact) mass is 249 g/mol. The number of halogens is 2. The lowest BCUT2D eigenvalue weighted by Crippen LogP contribution is -2.35. The second kappa shape index (κ2) is 3.79. The van der Waals surface area contributed by atoms with Crippen LogP contribution in [0.2, 0.25) is 0 Å². The normalized spacial score (nSPS) is 25.9. The molecular formula is C9H9ClFNO4. The van der Waals surface area contributed by atoms with Gasteiger partial charge in [0.1, 0.15) is 5.41 Å². The summed E-state index contributed by atoms with van der Waals surface area (Å²) in [5.74, 6) is -4.07. The smallest absolute Gasteiger partial charge is 0.334 e. The third kappa shape index (κ3) is 1.65. The molecule has 0 bridgehead atoms. The SMILES string of the molecule is CC1(C(=O)O)CC(C(=O)O)=C(F)C(N)=C1Cl. The van der Waals surface area contributed by atoms with Gasteiger partial charge in [0.05, 0.1) is 16.3 Å². The van der Waals surface area contributed by atoms with Crippen molar-refractivity contribution >= 4 is 23.5 Å². The molecule has 0 saturated heterocycles. The maximum absolute atomic E-state index is 13.4. The molecule has 0 radical (unpaired) electrons. The Kier molecular flexibility index (Phi) is 2.96. The number of carboxylic acids is 2. The van der Waals surface area contributed by atoms with Crippen LogP contribution in [0, 0.1) is 5.41 Å². The van der Waals surface area contributed by atoms with E-state index in [1.807, 2.05) is 0 Å². The molecule has 0 spiro atoms. The van der Waals surface area contributed by atoms with Gasteiger partial charge in [-0.2, -0.15) is 0 Å². The van der Waals surface area contributed by atoms with E-state index in [-0.39, 0.29) is 5.03 Å². The lowest BCUT2D eigenvalue weighted by molar-refractivity contribution is -0.145. The highest BCUT2D eigenvalue weighted by atomic mass is 35.5. The Balaban J connectivity index is 3.41. The molecule has 0 aromatic rings.